The Morgan fingerprint density at radius 3 is 0.750 bits per heavy atom. The Hall–Kier alpha value is 1.92. The third kappa shape index (κ3) is 9.06. The summed E-state index contributed by atoms with van der Waals surface area (Å²) >= 11 is 0. The fourth-order valence-corrected chi connectivity index (χ4v) is 0. The van der Waals surface area contributed by atoms with E-state index in [1.54, 1.807) is 0 Å². The Bertz CT molecular complexity index is 6.00. The predicted molar refractivity (Wildman–Crippen MR) is 5.01 cm³/mol. The third-order valence-corrected chi connectivity index (χ3v) is 0. The fraction of sp³-hybridized carbons (Fsp3) is 0. The molecule has 0 aromatic rings. The molecule has 0 aliphatic carbocycles. The van der Waals surface area contributed by atoms with E-state index >= 15 is 0 Å². The molecule has 0 aliphatic heterocycles. The minimum atomic E-state index is 0. The second kappa shape index (κ2) is 20.5. The summed E-state index contributed by atoms with van der Waals surface area (Å²) in [4.78, 5) is 0. The molecule has 0 aromatic heterocycles. The second-order valence-corrected chi connectivity index (χ2v) is 0. The van der Waals surface area contributed by atoms with Crippen LogP contribution in [0.25, 0.3) is 0 Å². The second-order valence-electron chi connectivity index (χ2n) is 0. The molecule has 0 amide bonds. The van der Waals surface area contributed by atoms with E-state index in [4.69, 9.17) is 0 Å². The molecule has 0 aliphatic rings. The van der Waals surface area contributed by atoms with Gasteiger partial charge in [0.15, 0.2) is 0 Å². The van der Waals surface area contributed by atoms with Crippen molar-refractivity contribution in [2.24, 2.45) is 0 Å². The van der Waals surface area contributed by atoms with Crippen LogP contribution >= 0.6 is 0 Å². The number of rotatable bonds is 0. The first-order valence-electron chi connectivity index (χ1n) is 0. The van der Waals surface area contributed by atoms with Gasteiger partial charge in [0, 0.05) is 61.4 Å². The van der Waals surface area contributed by atoms with Crippen LogP contribution in [-0.4, -0.2) is 0 Å². The van der Waals surface area contributed by atoms with E-state index in [0.29, 0.717) is 0 Å². The Balaban J connectivity index is 0. The van der Waals surface area contributed by atoms with Crippen LogP contribution in [0.4, 0.5) is 9.41 Å². The van der Waals surface area contributed by atoms with Crippen LogP contribution in [0.5, 0.6) is 0 Å². The van der Waals surface area contributed by atoms with Crippen molar-refractivity contribution in [3.63, 3.8) is 0 Å². The number of hydrogen-bond acceptors (Lipinski definition) is 0. The summed E-state index contributed by atoms with van der Waals surface area (Å²) < 4.78 is 0. The zero-order valence-corrected chi connectivity index (χ0v) is 9.11. The molecule has 23 valence electrons. The van der Waals surface area contributed by atoms with E-state index in [9.17, 15) is 0 Å². The van der Waals surface area contributed by atoms with Crippen LogP contribution < -0.4 is 0 Å². The van der Waals surface area contributed by atoms with Gasteiger partial charge in [0.25, 0.3) is 0 Å². The molecule has 0 saturated heterocycles. The number of halogens is 2. The molecule has 0 saturated carbocycles. The molecule has 1 radical (unpaired) electrons. The van der Waals surface area contributed by atoms with Gasteiger partial charge in [-0.15, -0.1) is 0 Å². The monoisotopic (exact) mass is 359 g/mol. The molecule has 0 bridgehead atoms. The number of hydrogen-bond donors (Lipinski definition) is 0. The summed E-state index contributed by atoms with van der Waals surface area (Å²) in [5, 5.41) is 0. The largest absolute Gasteiger partial charge is 0.269 e. The molecule has 0 heterocycles. The van der Waals surface area contributed by atoms with E-state index in [1.165, 1.54) is 0 Å². The topological polar surface area (TPSA) is 0 Å². The molecule has 0 rings (SSSR count). The molecule has 0 atom stereocenters. The molecule has 0 N–H and O–H groups in total. The average Bonchev–Trinajstić information content (AvgIpc) is 0. The van der Waals surface area contributed by atoms with E-state index in [-0.39, 0.29) is 70.9 Å². The van der Waals surface area contributed by atoms with Crippen LogP contribution in [0.1, 0.15) is 0 Å². The van der Waals surface area contributed by atoms with Gasteiger partial charge in [-0.1, -0.05) is 0 Å². The van der Waals surface area contributed by atoms with Gasteiger partial charge in [-0.25, -0.2) is 0 Å². The molecule has 0 nitrogen and oxygen atoms in total. The predicted octanol–water partition coefficient (Wildman–Crippen LogP) is 0.303. The van der Waals surface area contributed by atoms with Crippen LogP contribution in [0, 0.1) is 35.6 Å². The summed E-state index contributed by atoms with van der Waals surface area (Å²) in [7, 11) is 0. The van der Waals surface area contributed by atoms with Gasteiger partial charge in [0.2, 0.25) is 0 Å². The average molecular weight is 357 g/mol. The van der Waals surface area contributed by atoms with Crippen LogP contribution in [0.15, 0.2) is 0 Å². The van der Waals surface area contributed by atoms with Gasteiger partial charge in [0.05, 0.1) is 0 Å². The summed E-state index contributed by atoms with van der Waals surface area (Å²) in [6.45, 7) is 0. The molecule has 4 heteroatoms. The maximum Gasteiger partial charge on any atom is 0 e. The van der Waals surface area contributed by atoms with Crippen molar-refractivity contribution in [3.05, 3.63) is 0 Å². The van der Waals surface area contributed by atoms with Gasteiger partial charge >= 0.3 is 0 Å². The quantitative estimate of drug-likeness (QED) is 0.547. The zero-order valence-electron chi connectivity index (χ0n) is 1.89. The molecule has 0 spiro atoms. The van der Waals surface area contributed by atoms with Gasteiger partial charge in [-0.3, -0.25) is 9.41 Å². The van der Waals surface area contributed by atoms with E-state index in [1.807, 2.05) is 0 Å². The molecule has 0 fully saturated rings. The molecular formula is H2F2HfLa. The van der Waals surface area contributed by atoms with Gasteiger partial charge < -0.3 is 0 Å². The van der Waals surface area contributed by atoms with Crippen LogP contribution in [0.3, 0.4) is 0 Å². The van der Waals surface area contributed by atoms with Crippen molar-refractivity contribution < 1.29 is 70.9 Å². The minimum absolute atomic E-state index is 0. The normalized spacial score (nSPS) is 0. The van der Waals surface area contributed by atoms with Crippen molar-refractivity contribution in [1.29, 1.82) is 0 Å². The first-order chi connectivity index (χ1) is 0. The Kier molecular flexibility index (Phi) is 199. The van der Waals surface area contributed by atoms with Gasteiger partial charge in [-0.2, -0.15) is 0 Å². The Morgan fingerprint density at radius 2 is 0.750 bits per heavy atom. The van der Waals surface area contributed by atoms with Gasteiger partial charge in [-0.05, 0) is 0 Å². The summed E-state index contributed by atoms with van der Waals surface area (Å²) in [5.41, 5.74) is 0. The SMILES string of the molecule is F.F.[Hf].[La]. The Labute approximate surface area is 69.8 Å². The molecular weight excluding hydrogens is 355 g/mol. The first-order valence-corrected chi connectivity index (χ1v) is 0. The maximum absolute atomic E-state index is 0. The minimum Gasteiger partial charge on any atom is -0.269 e. The molecule has 0 aromatic carbocycles. The van der Waals surface area contributed by atoms with Gasteiger partial charge in [0.1, 0.15) is 0 Å². The summed E-state index contributed by atoms with van der Waals surface area (Å²) in [6, 6.07) is 0. The smallest absolute Gasteiger partial charge is 0 e. The fourth-order valence-electron chi connectivity index (χ4n) is 0. The molecule has 0 unspecified atom stereocenters. The zero-order chi connectivity index (χ0) is 0. The first kappa shape index (κ1) is 38.8. The van der Waals surface area contributed by atoms with Crippen molar-refractivity contribution in [2.45, 2.75) is 0 Å². The van der Waals surface area contributed by atoms with E-state index in [2.05, 4.69) is 0 Å². The van der Waals surface area contributed by atoms with Crippen LogP contribution in [0.2, 0.25) is 0 Å². The van der Waals surface area contributed by atoms with Crippen molar-refractivity contribution in [1.82, 2.24) is 0 Å². The van der Waals surface area contributed by atoms with Crippen molar-refractivity contribution >= 4 is 0 Å². The van der Waals surface area contributed by atoms with Crippen molar-refractivity contribution in [3.8, 4) is 0 Å². The maximum atomic E-state index is 0. The summed E-state index contributed by atoms with van der Waals surface area (Å²) in [5.74, 6) is 0. The van der Waals surface area contributed by atoms with Crippen LogP contribution in [-0.2, 0) is 25.8 Å². The standard InChI is InChI=1S/2FH.Hf.La/h2*1H;;. The Morgan fingerprint density at radius 1 is 0.750 bits per heavy atom. The molecule has 4 heavy (non-hydrogen) atoms. The van der Waals surface area contributed by atoms with E-state index < -0.39 is 0 Å². The van der Waals surface area contributed by atoms with Crippen molar-refractivity contribution in [2.75, 3.05) is 0 Å². The third-order valence-electron chi connectivity index (χ3n) is 0. The van der Waals surface area contributed by atoms with E-state index in [0.717, 1.165) is 0 Å². The summed E-state index contributed by atoms with van der Waals surface area (Å²) in [6.07, 6.45) is 0.